The van der Waals surface area contributed by atoms with Crippen LogP contribution >= 0.6 is 0 Å². The Hall–Kier alpha value is -2.35. The molecule has 2 nitrogen and oxygen atoms in total. The van der Waals surface area contributed by atoms with E-state index in [2.05, 4.69) is 55.1 Å². The van der Waals surface area contributed by atoms with Gasteiger partial charge in [0, 0.05) is 11.5 Å². The van der Waals surface area contributed by atoms with E-state index in [1.807, 2.05) is 0 Å². The molecule has 0 radical (unpaired) electrons. The van der Waals surface area contributed by atoms with E-state index in [0.717, 1.165) is 12.8 Å². The average molecular weight is 334 g/mol. The fourth-order valence-corrected chi connectivity index (χ4v) is 3.66. The monoisotopic (exact) mass is 334 g/mol. The number of ether oxygens (including phenoxy) is 1. The highest BCUT2D eigenvalue weighted by molar-refractivity contribution is 5.86. The summed E-state index contributed by atoms with van der Waals surface area (Å²) in [5.41, 5.74) is 6.21. The van der Waals surface area contributed by atoms with Gasteiger partial charge in [-0.05, 0) is 42.0 Å². The van der Waals surface area contributed by atoms with Gasteiger partial charge in [-0.25, -0.2) is 4.79 Å². The molecule has 0 spiro atoms. The molecule has 0 atom stereocenters. The van der Waals surface area contributed by atoms with Crippen molar-refractivity contribution in [2.24, 2.45) is 0 Å². The predicted molar refractivity (Wildman–Crippen MR) is 103 cm³/mol. The van der Waals surface area contributed by atoms with Crippen molar-refractivity contribution < 1.29 is 9.53 Å². The maximum atomic E-state index is 11.3. The molecule has 0 aromatic heterocycles. The van der Waals surface area contributed by atoms with E-state index in [4.69, 9.17) is 4.74 Å². The van der Waals surface area contributed by atoms with Crippen molar-refractivity contribution in [3.8, 4) is 11.1 Å². The number of carbonyl (C=O) groups is 1. The molecule has 1 aliphatic carbocycles. The van der Waals surface area contributed by atoms with Crippen LogP contribution in [0.3, 0.4) is 0 Å². The third-order valence-electron chi connectivity index (χ3n) is 4.93. The van der Waals surface area contributed by atoms with Gasteiger partial charge in [0.15, 0.2) is 0 Å². The van der Waals surface area contributed by atoms with Crippen molar-refractivity contribution in [1.82, 2.24) is 0 Å². The Kier molecular flexibility index (Phi) is 5.70. The summed E-state index contributed by atoms with van der Waals surface area (Å²) >= 11 is 0. The van der Waals surface area contributed by atoms with Crippen LogP contribution in [0.15, 0.2) is 60.7 Å². The van der Waals surface area contributed by atoms with E-state index >= 15 is 0 Å². The van der Waals surface area contributed by atoms with Gasteiger partial charge < -0.3 is 4.74 Å². The molecule has 0 heterocycles. The number of benzene rings is 2. The Labute approximate surface area is 150 Å². The number of unbranched alkanes of at least 4 members (excludes halogenated alkanes) is 3. The molecule has 3 rings (SSSR count). The Balaban J connectivity index is 1.48. The van der Waals surface area contributed by atoms with E-state index in [-0.39, 0.29) is 5.97 Å². The minimum Gasteiger partial charge on any atom is -0.462 e. The van der Waals surface area contributed by atoms with Crippen LogP contribution in [-0.4, -0.2) is 12.6 Å². The molecule has 2 heteroatoms. The number of hydrogen-bond acceptors (Lipinski definition) is 2. The van der Waals surface area contributed by atoms with Crippen LogP contribution in [0.4, 0.5) is 0 Å². The van der Waals surface area contributed by atoms with Crippen molar-refractivity contribution in [2.45, 2.75) is 44.9 Å². The van der Waals surface area contributed by atoms with E-state index in [1.54, 1.807) is 6.92 Å². The lowest BCUT2D eigenvalue weighted by Crippen LogP contribution is -2.06. The van der Waals surface area contributed by atoms with Crippen LogP contribution < -0.4 is 0 Å². The molecule has 2 aromatic carbocycles. The molecular formula is C23H26O2. The summed E-state index contributed by atoms with van der Waals surface area (Å²) < 4.78 is 5.14. The smallest absolute Gasteiger partial charge is 0.333 e. The number of rotatable bonds is 8. The first-order valence-corrected chi connectivity index (χ1v) is 9.19. The average Bonchev–Trinajstić information content (AvgIpc) is 2.95. The van der Waals surface area contributed by atoms with Crippen molar-refractivity contribution >= 4 is 5.97 Å². The lowest BCUT2D eigenvalue weighted by atomic mass is 9.91. The maximum Gasteiger partial charge on any atom is 0.333 e. The molecule has 0 amide bonds. The molecule has 1 aliphatic rings. The van der Waals surface area contributed by atoms with Crippen molar-refractivity contribution in [2.75, 3.05) is 6.61 Å². The van der Waals surface area contributed by atoms with Crippen LogP contribution in [0, 0.1) is 0 Å². The second kappa shape index (κ2) is 8.15. The largest absolute Gasteiger partial charge is 0.462 e. The molecule has 0 saturated heterocycles. The van der Waals surface area contributed by atoms with Gasteiger partial charge in [-0.1, -0.05) is 74.4 Å². The fraction of sp³-hybridized carbons (Fsp3) is 0.348. The lowest BCUT2D eigenvalue weighted by Gasteiger charge is -2.13. The Bertz CT molecular complexity index is 715. The zero-order chi connectivity index (χ0) is 17.6. The van der Waals surface area contributed by atoms with Crippen molar-refractivity contribution in [3.63, 3.8) is 0 Å². The Morgan fingerprint density at radius 1 is 0.920 bits per heavy atom. The molecule has 0 N–H and O–H groups in total. The number of carbonyl (C=O) groups excluding carboxylic acids is 1. The first-order chi connectivity index (χ1) is 12.2. The third-order valence-corrected chi connectivity index (χ3v) is 4.93. The fourth-order valence-electron chi connectivity index (χ4n) is 3.66. The van der Waals surface area contributed by atoms with Gasteiger partial charge >= 0.3 is 5.97 Å². The van der Waals surface area contributed by atoms with Gasteiger partial charge in [0.25, 0.3) is 0 Å². The highest BCUT2D eigenvalue weighted by atomic mass is 16.5. The molecule has 25 heavy (non-hydrogen) atoms. The quantitative estimate of drug-likeness (QED) is 0.343. The van der Waals surface area contributed by atoms with Gasteiger partial charge in [-0.3, -0.25) is 0 Å². The van der Waals surface area contributed by atoms with Gasteiger partial charge in [-0.15, -0.1) is 0 Å². The first-order valence-electron chi connectivity index (χ1n) is 9.19. The molecule has 0 unspecified atom stereocenters. The summed E-state index contributed by atoms with van der Waals surface area (Å²) in [5.74, 6) is 0.243. The van der Waals surface area contributed by atoms with Crippen LogP contribution in [0.25, 0.3) is 11.1 Å². The zero-order valence-electron chi connectivity index (χ0n) is 15.0. The highest BCUT2D eigenvalue weighted by Crippen LogP contribution is 2.46. The van der Waals surface area contributed by atoms with Gasteiger partial charge in [-0.2, -0.15) is 0 Å². The highest BCUT2D eigenvalue weighted by Gasteiger charge is 2.27. The van der Waals surface area contributed by atoms with Crippen molar-refractivity contribution in [1.29, 1.82) is 0 Å². The summed E-state index contributed by atoms with van der Waals surface area (Å²) in [5, 5.41) is 0. The second-order valence-electron chi connectivity index (χ2n) is 6.85. The van der Waals surface area contributed by atoms with Gasteiger partial charge in [0.1, 0.15) is 0 Å². The minimum atomic E-state index is -0.279. The van der Waals surface area contributed by atoms with E-state index in [0.29, 0.717) is 18.1 Å². The van der Waals surface area contributed by atoms with Crippen LogP contribution in [0.2, 0.25) is 0 Å². The molecule has 0 aliphatic heterocycles. The molecule has 2 aromatic rings. The molecule has 0 bridgehead atoms. The zero-order valence-corrected chi connectivity index (χ0v) is 15.0. The van der Waals surface area contributed by atoms with Crippen LogP contribution in [0.5, 0.6) is 0 Å². The number of esters is 1. The SMILES string of the molecule is C=C(C)C(=O)OCCCCCCC1c2ccccc2-c2ccccc21. The topological polar surface area (TPSA) is 26.3 Å². The maximum absolute atomic E-state index is 11.3. The molecular weight excluding hydrogens is 308 g/mol. The summed E-state index contributed by atoms with van der Waals surface area (Å²) in [6, 6.07) is 17.6. The van der Waals surface area contributed by atoms with Crippen LogP contribution in [0.1, 0.15) is 56.1 Å². The van der Waals surface area contributed by atoms with Gasteiger partial charge in [0.2, 0.25) is 0 Å². The summed E-state index contributed by atoms with van der Waals surface area (Å²) in [6.07, 6.45) is 5.57. The number of fused-ring (bicyclic) bond motifs is 3. The Morgan fingerprint density at radius 3 is 2.08 bits per heavy atom. The predicted octanol–water partition coefficient (Wildman–Crippen LogP) is 5.87. The van der Waals surface area contributed by atoms with Crippen LogP contribution in [-0.2, 0) is 9.53 Å². The molecule has 130 valence electrons. The summed E-state index contributed by atoms with van der Waals surface area (Å²) in [4.78, 5) is 11.3. The number of hydrogen-bond donors (Lipinski definition) is 0. The van der Waals surface area contributed by atoms with E-state index in [1.165, 1.54) is 41.5 Å². The molecule has 0 fully saturated rings. The first kappa shape index (κ1) is 17.5. The molecule has 0 saturated carbocycles. The summed E-state index contributed by atoms with van der Waals surface area (Å²) in [6.45, 7) is 5.77. The van der Waals surface area contributed by atoms with Gasteiger partial charge in [0.05, 0.1) is 6.61 Å². The summed E-state index contributed by atoms with van der Waals surface area (Å²) in [7, 11) is 0. The van der Waals surface area contributed by atoms with E-state index < -0.39 is 0 Å². The Morgan fingerprint density at radius 2 is 1.48 bits per heavy atom. The normalized spacial score (nSPS) is 12.5. The standard InChI is InChI=1S/C23H26O2/c1-17(2)23(24)25-16-10-4-3-5-11-18-19-12-6-8-14-21(19)22-15-9-7-13-20(18)22/h6-9,12-15,18H,1,3-5,10-11,16H2,2H3. The third kappa shape index (κ3) is 4.01. The lowest BCUT2D eigenvalue weighted by molar-refractivity contribution is -0.139. The van der Waals surface area contributed by atoms with E-state index in [9.17, 15) is 4.79 Å². The second-order valence-corrected chi connectivity index (χ2v) is 6.85. The van der Waals surface area contributed by atoms with Crippen molar-refractivity contribution in [3.05, 3.63) is 71.8 Å². The minimum absolute atomic E-state index is 0.279.